The topological polar surface area (TPSA) is 237 Å². The molecule has 3 N–H and O–H groups in total. The molecule has 498 valence electrons. The number of ether oxygens (including phenoxy) is 4. The van der Waals surface area contributed by atoms with Gasteiger partial charge in [0.25, 0.3) is 0 Å². The first-order chi connectivity index (χ1) is 40.2. The lowest BCUT2D eigenvalue weighted by molar-refractivity contribution is -0.161. The molecule has 0 aromatic carbocycles. The van der Waals surface area contributed by atoms with Crippen LogP contribution < -0.4 is 0 Å². The number of unbranched alkanes of at least 4 members (excludes halogenated alkanes) is 31. The summed E-state index contributed by atoms with van der Waals surface area (Å²) in [4.78, 5) is 72.0. The third-order valence-electron chi connectivity index (χ3n) is 14.9. The van der Waals surface area contributed by atoms with E-state index in [4.69, 9.17) is 37.0 Å². The normalized spacial score (nSPS) is 14.3. The Kier molecular flexibility index (Phi) is 55.0. The zero-order chi connectivity index (χ0) is 62.4. The minimum atomic E-state index is -4.95. The van der Waals surface area contributed by atoms with Crippen molar-refractivity contribution in [1.29, 1.82) is 0 Å². The van der Waals surface area contributed by atoms with Crippen LogP contribution in [0.15, 0.2) is 0 Å². The quantitative estimate of drug-likeness (QED) is 0.0222. The van der Waals surface area contributed by atoms with Gasteiger partial charge in [-0.1, -0.05) is 267 Å². The van der Waals surface area contributed by atoms with E-state index in [0.29, 0.717) is 31.6 Å². The molecule has 17 nitrogen and oxygen atoms in total. The Bertz CT molecular complexity index is 1660. The maximum atomic E-state index is 13.0. The highest BCUT2D eigenvalue weighted by molar-refractivity contribution is 7.47. The van der Waals surface area contributed by atoms with Gasteiger partial charge in [0.1, 0.15) is 19.3 Å². The van der Waals surface area contributed by atoms with Crippen molar-refractivity contribution in [1.82, 2.24) is 0 Å². The number of esters is 4. The zero-order valence-electron chi connectivity index (χ0n) is 54.4. The molecule has 0 aliphatic carbocycles. The molecule has 0 spiro atoms. The maximum Gasteiger partial charge on any atom is 0.472 e. The van der Waals surface area contributed by atoms with Crippen molar-refractivity contribution in [2.75, 3.05) is 39.6 Å². The molecule has 0 saturated carbocycles. The van der Waals surface area contributed by atoms with Gasteiger partial charge in [0.2, 0.25) is 0 Å². The van der Waals surface area contributed by atoms with Crippen LogP contribution in [0.1, 0.15) is 318 Å². The molecule has 0 fully saturated rings. The van der Waals surface area contributed by atoms with Crippen molar-refractivity contribution in [3.05, 3.63) is 0 Å². The molecule has 0 bridgehead atoms. The van der Waals surface area contributed by atoms with Gasteiger partial charge in [0.15, 0.2) is 12.2 Å². The average Bonchev–Trinajstić information content (AvgIpc) is 3.58. The molecular formula is C65H126O17P2. The van der Waals surface area contributed by atoms with Gasteiger partial charge in [-0.25, -0.2) is 9.13 Å². The highest BCUT2D eigenvalue weighted by Gasteiger charge is 2.30. The molecule has 0 amide bonds. The summed E-state index contributed by atoms with van der Waals surface area (Å²) in [5, 5.41) is 10.5. The van der Waals surface area contributed by atoms with Crippen LogP contribution in [0.25, 0.3) is 0 Å². The van der Waals surface area contributed by atoms with Gasteiger partial charge in [0.05, 0.1) is 26.4 Å². The van der Waals surface area contributed by atoms with E-state index >= 15 is 0 Å². The zero-order valence-corrected chi connectivity index (χ0v) is 56.1. The summed E-state index contributed by atoms with van der Waals surface area (Å²) in [6.07, 6.45) is 38.1. The molecule has 0 aliphatic rings. The molecule has 0 aliphatic heterocycles. The lowest BCUT2D eigenvalue weighted by atomic mass is 10.0. The summed E-state index contributed by atoms with van der Waals surface area (Å²) in [5.74, 6) is 0.0885. The summed E-state index contributed by atoms with van der Waals surface area (Å²) in [7, 11) is -9.88. The molecule has 0 saturated heterocycles. The lowest BCUT2D eigenvalue weighted by Crippen LogP contribution is -2.30. The van der Waals surface area contributed by atoms with E-state index in [0.717, 1.165) is 108 Å². The van der Waals surface area contributed by atoms with Gasteiger partial charge < -0.3 is 33.8 Å². The third kappa shape index (κ3) is 59.0. The molecule has 19 heteroatoms. The van der Waals surface area contributed by atoms with Crippen LogP contribution in [0, 0.1) is 17.8 Å². The first-order valence-corrected chi connectivity index (χ1v) is 36.8. The molecule has 0 radical (unpaired) electrons. The van der Waals surface area contributed by atoms with E-state index in [2.05, 4.69) is 48.5 Å². The number of rotatable bonds is 63. The summed E-state index contributed by atoms with van der Waals surface area (Å²) in [5.41, 5.74) is 0. The first-order valence-electron chi connectivity index (χ1n) is 33.8. The number of hydrogen-bond donors (Lipinski definition) is 3. The molecule has 2 unspecified atom stereocenters. The van der Waals surface area contributed by atoms with Crippen LogP contribution in [0.5, 0.6) is 0 Å². The number of carbonyl (C=O) groups excluding carboxylic acids is 4. The van der Waals surface area contributed by atoms with Crippen LogP contribution in [0.4, 0.5) is 0 Å². The molecule has 0 aromatic rings. The van der Waals surface area contributed by atoms with E-state index < -0.39 is 97.5 Å². The second-order valence-corrected chi connectivity index (χ2v) is 27.8. The Morgan fingerprint density at radius 2 is 0.548 bits per heavy atom. The minimum Gasteiger partial charge on any atom is -0.462 e. The Hall–Kier alpha value is -1.94. The van der Waals surface area contributed by atoms with Gasteiger partial charge in [-0.3, -0.25) is 37.3 Å². The Morgan fingerprint density at radius 3 is 0.810 bits per heavy atom. The van der Waals surface area contributed by atoms with E-state index in [1.54, 1.807) is 0 Å². The molecular weight excluding hydrogens is 1110 g/mol. The average molecular weight is 1240 g/mol. The van der Waals surface area contributed by atoms with Crippen molar-refractivity contribution in [2.45, 2.75) is 336 Å². The second kappa shape index (κ2) is 56.3. The van der Waals surface area contributed by atoms with Crippen molar-refractivity contribution in [3.63, 3.8) is 0 Å². The number of hydrogen-bond acceptors (Lipinski definition) is 15. The van der Waals surface area contributed by atoms with Crippen LogP contribution in [0.3, 0.4) is 0 Å². The summed E-state index contributed by atoms with van der Waals surface area (Å²) >= 11 is 0. The summed E-state index contributed by atoms with van der Waals surface area (Å²) in [6.45, 7) is 11.7. The molecule has 0 heterocycles. The highest BCUT2D eigenvalue weighted by atomic mass is 31.2. The van der Waals surface area contributed by atoms with Crippen LogP contribution in [-0.4, -0.2) is 96.7 Å². The molecule has 0 aromatic heterocycles. The van der Waals surface area contributed by atoms with Crippen LogP contribution in [0.2, 0.25) is 0 Å². The van der Waals surface area contributed by atoms with E-state index in [1.165, 1.54) is 122 Å². The Morgan fingerprint density at radius 1 is 0.321 bits per heavy atom. The predicted octanol–water partition coefficient (Wildman–Crippen LogP) is 17.9. The van der Waals surface area contributed by atoms with Crippen molar-refractivity contribution < 1.29 is 80.2 Å². The SMILES string of the molecule is CCCCCCCC(=O)OC[C@H](COP(=O)(O)OC[C@H](O)COP(=O)(O)OC[C@@H](COC(=O)CCCCCCCCCCCC(C)C)OC(=O)CCCCCCCCCCCCCCCCC(C)C)OC(=O)CCCCCCCCCC(C)C. The second-order valence-electron chi connectivity index (χ2n) is 24.9. The van der Waals surface area contributed by atoms with E-state index in [1.807, 2.05) is 0 Å². The van der Waals surface area contributed by atoms with Gasteiger partial charge >= 0.3 is 39.5 Å². The molecule has 84 heavy (non-hydrogen) atoms. The number of phosphoric ester groups is 2. The van der Waals surface area contributed by atoms with E-state index in [9.17, 15) is 43.2 Å². The summed E-state index contributed by atoms with van der Waals surface area (Å²) < 4.78 is 67.8. The predicted molar refractivity (Wildman–Crippen MR) is 335 cm³/mol. The standard InChI is InChI=1S/C65H126O17P2/c1-8-9-10-29-39-46-62(67)75-52-60(81-65(70)49-42-35-28-22-25-32-38-45-58(6)7)54-79-83(71,72)77-50-59(66)51-78-84(73,74)80-55-61(53-76-63(68)47-40-33-26-21-17-19-24-31-37-44-57(4)5)82-64(69)48-41-34-27-20-16-14-12-11-13-15-18-23-30-36-43-56(2)3/h56-61,66H,8-55H2,1-7H3,(H,71,72)(H,73,74)/t59-,60+,61+/m0/s1. The number of carbonyl (C=O) groups is 4. The number of aliphatic hydroxyl groups is 1. The third-order valence-corrected chi connectivity index (χ3v) is 16.8. The van der Waals surface area contributed by atoms with Gasteiger partial charge in [-0.15, -0.1) is 0 Å². The molecule has 0 rings (SSSR count). The van der Waals surface area contributed by atoms with Gasteiger partial charge in [-0.2, -0.15) is 0 Å². The summed E-state index contributed by atoms with van der Waals surface area (Å²) in [6, 6.07) is 0. The van der Waals surface area contributed by atoms with Crippen molar-refractivity contribution >= 4 is 39.5 Å². The van der Waals surface area contributed by atoms with Gasteiger partial charge in [0, 0.05) is 25.7 Å². The Labute approximate surface area is 511 Å². The maximum absolute atomic E-state index is 13.0. The fraction of sp³-hybridized carbons (Fsp3) is 0.938. The van der Waals surface area contributed by atoms with Crippen LogP contribution in [-0.2, 0) is 65.4 Å². The molecule has 5 atom stereocenters. The monoisotopic (exact) mass is 1240 g/mol. The minimum absolute atomic E-state index is 0.102. The highest BCUT2D eigenvalue weighted by Crippen LogP contribution is 2.45. The van der Waals surface area contributed by atoms with Crippen molar-refractivity contribution in [2.24, 2.45) is 17.8 Å². The smallest absolute Gasteiger partial charge is 0.462 e. The van der Waals surface area contributed by atoms with Crippen molar-refractivity contribution in [3.8, 4) is 0 Å². The number of phosphoric acid groups is 2. The Balaban J connectivity index is 5.16. The first kappa shape index (κ1) is 82.1. The number of aliphatic hydroxyl groups excluding tert-OH is 1. The largest absolute Gasteiger partial charge is 0.472 e. The lowest BCUT2D eigenvalue weighted by Gasteiger charge is -2.21. The fourth-order valence-corrected chi connectivity index (χ4v) is 11.2. The van der Waals surface area contributed by atoms with Gasteiger partial charge in [-0.05, 0) is 43.4 Å². The van der Waals surface area contributed by atoms with Crippen LogP contribution >= 0.6 is 15.6 Å². The van der Waals surface area contributed by atoms with E-state index in [-0.39, 0.29) is 25.7 Å². The fourth-order valence-electron chi connectivity index (χ4n) is 9.66.